The van der Waals surface area contributed by atoms with Crippen molar-refractivity contribution in [1.82, 2.24) is 0 Å². The number of esters is 1. The van der Waals surface area contributed by atoms with Gasteiger partial charge in [-0.1, -0.05) is 25.7 Å². The van der Waals surface area contributed by atoms with E-state index in [1.807, 2.05) is 0 Å². The molecule has 1 aliphatic heterocycles. The van der Waals surface area contributed by atoms with E-state index in [9.17, 15) is 9.90 Å². The van der Waals surface area contributed by atoms with Crippen LogP contribution in [0.1, 0.15) is 51.4 Å². The zero-order chi connectivity index (χ0) is 9.52. The second-order valence-electron chi connectivity index (χ2n) is 3.60. The van der Waals surface area contributed by atoms with E-state index < -0.39 is 6.29 Å². The Morgan fingerprint density at radius 2 is 1.69 bits per heavy atom. The average molecular weight is 186 g/mol. The van der Waals surface area contributed by atoms with Crippen molar-refractivity contribution in [2.24, 2.45) is 0 Å². The molecule has 0 aliphatic carbocycles. The highest BCUT2D eigenvalue weighted by Gasteiger charge is 2.11. The van der Waals surface area contributed by atoms with Crippen LogP contribution in [0.5, 0.6) is 0 Å². The van der Waals surface area contributed by atoms with Gasteiger partial charge >= 0.3 is 5.97 Å². The predicted molar refractivity (Wildman–Crippen MR) is 49.0 cm³/mol. The van der Waals surface area contributed by atoms with Crippen LogP contribution in [0.2, 0.25) is 0 Å². The molecule has 1 rings (SSSR count). The first-order valence-electron chi connectivity index (χ1n) is 5.16. The molecule has 76 valence electrons. The van der Waals surface area contributed by atoms with Gasteiger partial charge < -0.3 is 9.84 Å². The Balaban J connectivity index is 2.29. The smallest absolute Gasteiger partial charge is 0.308 e. The molecule has 3 nitrogen and oxygen atoms in total. The molecule has 1 unspecified atom stereocenters. The summed E-state index contributed by atoms with van der Waals surface area (Å²) in [5.41, 5.74) is 0. The lowest BCUT2D eigenvalue weighted by Crippen LogP contribution is -2.16. The molecule has 0 spiro atoms. The third-order valence-corrected chi connectivity index (χ3v) is 2.35. The number of cyclic esters (lactones) is 1. The average Bonchev–Trinajstić information content (AvgIpc) is 2.11. The fourth-order valence-electron chi connectivity index (χ4n) is 1.56. The van der Waals surface area contributed by atoms with Crippen LogP contribution >= 0.6 is 0 Å². The summed E-state index contributed by atoms with van der Waals surface area (Å²) < 4.78 is 4.80. The number of aliphatic hydroxyl groups excluding tert-OH is 1. The predicted octanol–water partition coefficient (Wildman–Crippen LogP) is 1.98. The number of carbonyl (C=O) groups is 1. The quantitative estimate of drug-likeness (QED) is 0.588. The third-order valence-electron chi connectivity index (χ3n) is 2.35. The Hall–Kier alpha value is -0.570. The lowest BCUT2D eigenvalue weighted by atomic mass is 10.1. The lowest BCUT2D eigenvalue weighted by Gasteiger charge is -2.10. The van der Waals surface area contributed by atoms with Gasteiger partial charge in [0.05, 0.1) is 0 Å². The van der Waals surface area contributed by atoms with Crippen LogP contribution in [0.4, 0.5) is 0 Å². The van der Waals surface area contributed by atoms with Crippen LogP contribution in [-0.4, -0.2) is 17.4 Å². The maximum absolute atomic E-state index is 11.0. The third kappa shape index (κ3) is 4.88. The molecule has 0 bridgehead atoms. The minimum absolute atomic E-state index is 0.255. The van der Waals surface area contributed by atoms with E-state index in [0.717, 1.165) is 25.7 Å². The van der Waals surface area contributed by atoms with Gasteiger partial charge in [-0.05, 0) is 12.8 Å². The Morgan fingerprint density at radius 3 is 2.46 bits per heavy atom. The number of aliphatic hydroxyl groups is 1. The Kier molecular flexibility index (Phi) is 4.83. The maximum atomic E-state index is 11.0. The van der Waals surface area contributed by atoms with Crippen LogP contribution in [0.3, 0.4) is 0 Å². The molecule has 3 heteroatoms. The molecular formula is C10H18O3. The Morgan fingerprint density at radius 1 is 1.08 bits per heavy atom. The SMILES string of the molecule is O=C1CCCCCCCCC(O)O1. The summed E-state index contributed by atoms with van der Waals surface area (Å²) in [6, 6.07) is 0. The Labute approximate surface area is 79.1 Å². The molecule has 0 aromatic carbocycles. The van der Waals surface area contributed by atoms with E-state index in [4.69, 9.17) is 4.74 Å². The molecule has 0 amide bonds. The molecule has 1 fully saturated rings. The summed E-state index contributed by atoms with van der Waals surface area (Å²) >= 11 is 0. The summed E-state index contributed by atoms with van der Waals surface area (Å²) in [6.07, 6.45) is 6.66. The molecule has 1 aliphatic rings. The second kappa shape index (κ2) is 5.97. The van der Waals surface area contributed by atoms with E-state index in [-0.39, 0.29) is 5.97 Å². The lowest BCUT2D eigenvalue weighted by molar-refractivity contribution is -0.168. The van der Waals surface area contributed by atoms with Crippen molar-refractivity contribution < 1.29 is 14.6 Å². The minimum Gasteiger partial charge on any atom is -0.436 e. The molecular weight excluding hydrogens is 168 g/mol. The van der Waals surface area contributed by atoms with Crippen LogP contribution in [0, 0.1) is 0 Å². The van der Waals surface area contributed by atoms with E-state index in [1.54, 1.807) is 0 Å². The first kappa shape index (κ1) is 10.5. The molecule has 1 saturated heterocycles. The summed E-state index contributed by atoms with van der Waals surface area (Å²) in [6.45, 7) is 0. The van der Waals surface area contributed by atoms with E-state index in [0.29, 0.717) is 12.8 Å². The number of hydrogen-bond donors (Lipinski definition) is 1. The van der Waals surface area contributed by atoms with E-state index in [2.05, 4.69) is 0 Å². The molecule has 1 atom stereocenters. The van der Waals surface area contributed by atoms with Crippen molar-refractivity contribution in [1.29, 1.82) is 0 Å². The van der Waals surface area contributed by atoms with Gasteiger partial charge in [0.1, 0.15) is 0 Å². The van der Waals surface area contributed by atoms with E-state index in [1.165, 1.54) is 12.8 Å². The summed E-state index contributed by atoms with van der Waals surface area (Å²) in [5, 5.41) is 9.25. The number of hydrogen-bond acceptors (Lipinski definition) is 3. The monoisotopic (exact) mass is 186 g/mol. The highest BCUT2D eigenvalue weighted by atomic mass is 16.6. The summed E-state index contributed by atoms with van der Waals surface area (Å²) in [7, 11) is 0. The molecule has 1 heterocycles. The van der Waals surface area contributed by atoms with Crippen molar-refractivity contribution >= 4 is 5.97 Å². The van der Waals surface area contributed by atoms with Gasteiger partial charge in [-0.3, -0.25) is 4.79 Å². The molecule has 0 aromatic heterocycles. The van der Waals surface area contributed by atoms with Gasteiger partial charge in [-0.15, -0.1) is 0 Å². The van der Waals surface area contributed by atoms with Crippen molar-refractivity contribution in [3.63, 3.8) is 0 Å². The van der Waals surface area contributed by atoms with Crippen molar-refractivity contribution in [3.8, 4) is 0 Å². The number of carbonyl (C=O) groups excluding carboxylic acids is 1. The second-order valence-corrected chi connectivity index (χ2v) is 3.60. The van der Waals surface area contributed by atoms with Crippen LogP contribution < -0.4 is 0 Å². The number of rotatable bonds is 0. The van der Waals surface area contributed by atoms with Crippen LogP contribution in [0.15, 0.2) is 0 Å². The first-order valence-corrected chi connectivity index (χ1v) is 5.16. The fourth-order valence-corrected chi connectivity index (χ4v) is 1.56. The zero-order valence-corrected chi connectivity index (χ0v) is 8.00. The first-order chi connectivity index (χ1) is 6.29. The van der Waals surface area contributed by atoms with Gasteiger partial charge in [0.25, 0.3) is 0 Å². The van der Waals surface area contributed by atoms with Gasteiger partial charge in [0.2, 0.25) is 6.29 Å². The fraction of sp³-hybridized carbons (Fsp3) is 0.900. The van der Waals surface area contributed by atoms with Gasteiger partial charge in [0.15, 0.2) is 0 Å². The molecule has 0 saturated carbocycles. The molecule has 0 radical (unpaired) electrons. The summed E-state index contributed by atoms with van der Waals surface area (Å²) in [5.74, 6) is -0.255. The molecule has 1 N–H and O–H groups in total. The van der Waals surface area contributed by atoms with Crippen molar-refractivity contribution in [3.05, 3.63) is 0 Å². The van der Waals surface area contributed by atoms with Gasteiger partial charge in [-0.2, -0.15) is 0 Å². The van der Waals surface area contributed by atoms with Gasteiger partial charge in [0, 0.05) is 12.8 Å². The van der Waals surface area contributed by atoms with Crippen molar-refractivity contribution in [2.45, 2.75) is 57.7 Å². The maximum Gasteiger partial charge on any atom is 0.308 e. The molecule has 0 aromatic rings. The highest BCUT2D eigenvalue weighted by molar-refractivity contribution is 5.69. The topological polar surface area (TPSA) is 46.5 Å². The molecule has 13 heavy (non-hydrogen) atoms. The van der Waals surface area contributed by atoms with Gasteiger partial charge in [-0.25, -0.2) is 0 Å². The number of ether oxygens (including phenoxy) is 1. The minimum atomic E-state index is -0.870. The summed E-state index contributed by atoms with van der Waals surface area (Å²) in [4.78, 5) is 11.0. The highest BCUT2D eigenvalue weighted by Crippen LogP contribution is 2.13. The zero-order valence-electron chi connectivity index (χ0n) is 8.00. The van der Waals surface area contributed by atoms with Crippen molar-refractivity contribution in [2.75, 3.05) is 0 Å². The van der Waals surface area contributed by atoms with Crippen LogP contribution in [-0.2, 0) is 9.53 Å². The largest absolute Gasteiger partial charge is 0.436 e. The van der Waals surface area contributed by atoms with Crippen LogP contribution in [0.25, 0.3) is 0 Å². The standard InChI is InChI=1S/C10H18O3/c11-9-7-5-3-1-2-4-6-8-10(12)13-9/h9,11H,1-8H2. The van der Waals surface area contributed by atoms with E-state index >= 15 is 0 Å². The normalized spacial score (nSPS) is 27.5. The Bertz CT molecular complexity index is 156.